The SMILES string of the molecule is COc1ccc(Nc2ccc3c(n2)N(Cc2ccc4ncccc4c2)NN3)nc1. The van der Waals surface area contributed by atoms with Crippen LogP contribution in [0.15, 0.2) is 67.0 Å². The predicted molar refractivity (Wildman–Crippen MR) is 113 cm³/mol. The van der Waals surface area contributed by atoms with Crippen molar-refractivity contribution in [2.45, 2.75) is 6.54 Å². The van der Waals surface area contributed by atoms with Gasteiger partial charge in [-0.25, -0.2) is 9.97 Å². The number of rotatable bonds is 5. The fraction of sp³-hybridized carbons (Fsp3) is 0.0952. The molecule has 8 heteroatoms. The Morgan fingerprint density at radius 3 is 2.83 bits per heavy atom. The minimum absolute atomic E-state index is 0.655. The minimum Gasteiger partial charge on any atom is -0.495 e. The van der Waals surface area contributed by atoms with Gasteiger partial charge in [0, 0.05) is 11.6 Å². The summed E-state index contributed by atoms with van der Waals surface area (Å²) in [5.74, 6) is 2.93. The largest absolute Gasteiger partial charge is 0.495 e. The summed E-state index contributed by atoms with van der Waals surface area (Å²) in [5, 5.41) is 6.31. The lowest BCUT2D eigenvalue weighted by Crippen LogP contribution is -2.35. The Bertz CT molecular complexity index is 1160. The quantitative estimate of drug-likeness (QED) is 0.480. The molecule has 1 aliphatic rings. The molecule has 0 saturated heterocycles. The maximum absolute atomic E-state index is 5.14. The Morgan fingerprint density at radius 2 is 1.97 bits per heavy atom. The van der Waals surface area contributed by atoms with Gasteiger partial charge in [0.25, 0.3) is 0 Å². The molecule has 5 rings (SSSR count). The third kappa shape index (κ3) is 3.48. The van der Waals surface area contributed by atoms with Gasteiger partial charge in [-0.1, -0.05) is 12.1 Å². The van der Waals surface area contributed by atoms with Gasteiger partial charge in [0.05, 0.1) is 31.1 Å². The van der Waals surface area contributed by atoms with Crippen molar-refractivity contribution in [3.05, 3.63) is 72.6 Å². The average Bonchev–Trinajstić information content (AvgIpc) is 3.16. The molecule has 0 saturated carbocycles. The Hall–Kier alpha value is -3.91. The second-order valence-corrected chi connectivity index (χ2v) is 6.63. The number of hydrogen-bond acceptors (Lipinski definition) is 8. The number of methoxy groups -OCH3 is 1. The zero-order valence-corrected chi connectivity index (χ0v) is 15.8. The molecule has 4 aromatic rings. The molecule has 0 spiro atoms. The van der Waals surface area contributed by atoms with Crippen molar-refractivity contribution in [3.63, 3.8) is 0 Å². The number of ether oxygens (including phenoxy) is 1. The number of hydrogen-bond donors (Lipinski definition) is 3. The summed E-state index contributed by atoms with van der Waals surface area (Å²) in [5.41, 5.74) is 9.39. The zero-order valence-electron chi connectivity index (χ0n) is 15.8. The molecule has 1 aromatic carbocycles. The number of nitrogens with one attached hydrogen (secondary N) is 3. The van der Waals surface area contributed by atoms with Gasteiger partial charge in [-0.15, -0.1) is 5.53 Å². The van der Waals surface area contributed by atoms with Crippen molar-refractivity contribution < 1.29 is 4.74 Å². The van der Waals surface area contributed by atoms with Gasteiger partial charge in [0.15, 0.2) is 5.82 Å². The van der Waals surface area contributed by atoms with Crippen LogP contribution in [-0.4, -0.2) is 22.1 Å². The first kappa shape index (κ1) is 17.2. The highest BCUT2D eigenvalue weighted by atomic mass is 16.5. The minimum atomic E-state index is 0.655. The van der Waals surface area contributed by atoms with Crippen molar-refractivity contribution in [2.24, 2.45) is 0 Å². The fourth-order valence-corrected chi connectivity index (χ4v) is 3.23. The third-order valence-corrected chi connectivity index (χ3v) is 4.69. The Morgan fingerprint density at radius 1 is 1.03 bits per heavy atom. The normalized spacial score (nSPS) is 12.5. The number of anilines is 4. The smallest absolute Gasteiger partial charge is 0.171 e. The third-order valence-electron chi connectivity index (χ3n) is 4.69. The first-order valence-corrected chi connectivity index (χ1v) is 9.19. The maximum Gasteiger partial charge on any atom is 0.171 e. The van der Waals surface area contributed by atoms with Crippen molar-refractivity contribution in [1.29, 1.82) is 0 Å². The molecule has 0 fully saturated rings. The summed E-state index contributed by atoms with van der Waals surface area (Å²) in [7, 11) is 1.62. The first-order chi connectivity index (χ1) is 14.3. The Labute approximate surface area is 167 Å². The van der Waals surface area contributed by atoms with E-state index in [2.05, 4.69) is 44.4 Å². The van der Waals surface area contributed by atoms with Crippen LogP contribution in [0.3, 0.4) is 0 Å². The van der Waals surface area contributed by atoms with Gasteiger partial charge in [-0.2, -0.15) is 0 Å². The monoisotopic (exact) mass is 385 g/mol. The maximum atomic E-state index is 5.14. The van der Waals surface area contributed by atoms with E-state index in [4.69, 9.17) is 9.72 Å². The van der Waals surface area contributed by atoms with Gasteiger partial charge >= 0.3 is 0 Å². The molecule has 0 bridgehead atoms. The average molecular weight is 385 g/mol. The van der Waals surface area contributed by atoms with Crippen molar-refractivity contribution in [1.82, 2.24) is 20.5 Å². The summed E-state index contributed by atoms with van der Waals surface area (Å²) in [4.78, 5) is 13.4. The number of fused-ring (bicyclic) bond motifs is 2. The van der Waals surface area contributed by atoms with E-state index >= 15 is 0 Å². The lowest BCUT2D eigenvalue weighted by atomic mass is 10.1. The standard InChI is InChI=1S/C21H19N7O/c1-29-16-5-8-19(23-12-16)24-20-9-7-18-21(25-20)28(27-26-18)13-14-4-6-17-15(11-14)3-2-10-22-17/h2-12,26-27H,13H2,1H3,(H,23,24,25). The molecular formula is C21H19N7O. The molecule has 0 amide bonds. The zero-order chi connectivity index (χ0) is 19.6. The van der Waals surface area contributed by atoms with E-state index in [1.807, 2.05) is 41.4 Å². The van der Waals surface area contributed by atoms with Crippen LogP contribution in [0, 0.1) is 0 Å². The van der Waals surface area contributed by atoms with Gasteiger partial charge in [-0.3, -0.25) is 9.99 Å². The second-order valence-electron chi connectivity index (χ2n) is 6.63. The van der Waals surface area contributed by atoms with Crippen LogP contribution < -0.4 is 26.0 Å². The molecule has 29 heavy (non-hydrogen) atoms. The molecule has 4 heterocycles. The van der Waals surface area contributed by atoms with Gasteiger partial charge < -0.3 is 15.5 Å². The molecular weight excluding hydrogens is 366 g/mol. The van der Waals surface area contributed by atoms with E-state index < -0.39 is 0 Å². The second kappa shape index (κ2) is 7.25. The molecule has 0 radical (unpaired) electrons. The summed E-state index contributed by atoms with van der Waals surface area (Å²) in [6, 6.07) is 17.9. The number of hydrazine groups is 2. The Balaban J connectivity index is 1.37. The van der Waals surface area contributed by atoms with Crippen LogP contribution in [0.1, 0.15) is 5.56 Å². The van der Waals surface area contributed by atoms with Crippen LogP contribution in [0.4, 0.5) is 23.1 Å². The van der Waals surface area contributed by atoms with Gasteiger partial charge in [0.1, 0.15) is 17.4 Å². The summed E-state index contributed by atoms with van der Waals surface area (Å²) in [6.45, 7) is 0.655. The van der Waals surface area contributed by atoms with Crippen molar-refractivity contribution >= 4 is 34.0 Å². The molecule has 144 valence electrons. The van der Waals surface area contributed by atoms with Crippen LogP contribution in [0.25, 0.3) is 10.9 Å². The van der Waals surface area contributed by atoms with Crippen molar-refractivity contribution in [3.8, 4) is 5.75 Å². The summed E-state index contributed by atoms with van der Waals surface area (Å²) in [6.07, 6.45) is 3.47. The first-order valence-electron chi connectivity index (χ1n) is 9.19. The molecule has 3 aromatic heterocycles. The van der Waals surface area contributed by atoms with E-state index in [1.54, 1.807) is 19.5 Å². The molecule has 8 nitrogen and oxygen atoms in total. The van der Waals surface area contributed by atoms with Crippen LogP contribution in [0.5, 0.6) is 5.75 Å². The van der Waals surface area contributed by atoms with E-state index in [9.17, 15) is 0 Å². The van der Waals surface area contributed by atoms with Crippen LogP contribution >= 0.6 is 0 Å². The fourth-order valence-electron chi connectivity index (χ4n) is 3.23. The van der Waals surface area contributed by atoms with Crippen LogP contribution in [0.2, 0.25) is 0 Å². The number of nitrogens with zero attached hydrogens (tertiary/aromatic N) is 4. The number of pyridine rings is 3. The highest BCUT2D eigenvalue weighted by Crippen LogP contribution is 2.30. The predicted octanol–water partition coefficient (Wildman–Crippen LogP) is 3.63. The van der Waals surface area contributed by atoms with E-state index in [0.717, 1.165) is 28.0 Å². The van der Waals surface area contributed by atoms with Gasteiger partial charge in [-0.05, 0) is 48.0 Å². The lowest BCUT2D eigenvalue weighted by Gasteiger charge is -2.17. The van der Waals surface area contributed by atoms with Crippen LogP contribution in [-0.2, 0) is 6.54 Å². The van der Waals surface area contributed by atoms with E-state index in [-0.39, 0.29) is 0 Å². The number of benzene rings is 1. The van der Waals surface area contributed by atoms with Gasteiger partial charge in [0.2, 0.25) is 0 Å². The summed E-state index contributed by atoms with van der Waals surface area (Å²) < 4.78 is 5.14. The lowest BCUT2D eigenvalue weighted by molar-refractivity contribution is 0.413. The topological polar surface area (TPSA) is 87.2 Å². The summed E-state index contributed by atoms with van der Waals surface area (Å²) >= 11 is 0. The van der Waals surface area contributed by atoms with Crippen molar-refractivity contribution in [2.75, 3.05) is 22.9 Å². The van der Waals surface area contributed by atoms with E-state index in [0.29, 0.717) is 23.9 Å². The molecule has 3 N–H and O–H groups in total. The number of aromatic nitrogens is 3. The highest BCUT2D eigenvalue weighted by Gasteiger charge is 2.21. The Kier molecular flexibility index (Phi) is 4.30. The molecule has 0 atom stereocenters. The molecule has 0 aliphatic carbocycles. The van der Waals surface area contributed by atoms with E-state index in [1.165, 1.54) is 0 Å². The molecule has 1 aliphatic heterocycles. The molecule has 0 unspecified atom stereocenters. The highest BCUT2D eigenvalue weighted by molar-refractivity contribution is 5.79.